The van der Waals surface area contributed by atoms with Gasteiger partial charge in [-0.15, -0.1) is 0 Å². The van der Waals surface area contributed by atoms with Gasteiger partial charge in [0.15, 0.2) is 0 Å². The second-order valence-corrected chi connectivity index (χ2v) is 4.87. The smallest absolute Gasteiger partial charge is 0.137 e. The summed E-state index contributed by atoms with van der Waals surface area (Å²) in [5.41, 5.74) is 1.09. The molecule has 0 amide bonds. The molecule has 1 aliphatic rings. The van der Waals surface area contributed by atoms with E-state index < -0.39 is 0 Å². The lowest BCUT2D eigenvalue weighted by Crippen LogP contribution is -2.41. The molecule has 0 saturated carbocycles. The number of rotatable bonds is 3. The zero-order chi connectivity index (χ0) is 10.9. The summed E-state index contributed by atoms with van der Waals surface area (Å²) in [6, 6.07) is 5.78. The first kappa shape index (κ1) is 11.1. The van der Waals surface area contributed by atoms with Crippen LogP contribution in [0.4, 0.5) is 0 Å². The van der Waals surface area contributed by atoms with E-state index in [-0.39, 0.29) is 4.75 Å². The Morgan fingerprint density at radius 2 is 2.27 bits per heavy atom. The fourth-order valence-electron chi connectivity index (χ4n) is 1.52. The minimum atomic E-state index is -0.172. The molecule has 0 radical (unpaired) electrons. The third kappa shape index (κ3) is 2.10. The molecule has 1 saturated heterocycles. The molecule has 0 unspecified atom stereocenters. The lowest BCUT2D eigenvalue weighted by molar-refractivity contribution is -0.00970. The van der Waals surface area contributed by atoms with Crippen LogP contribution < -0.4 is 4.74 Å². The van der Waals surface area contributed by atoms with E-state index in [9.17, 15) is 0 Å². The Labute approximate surface area is 99.9 Å². The molecule has 0 aliphatic carbocycles. The van der Waals surface area contributed by atoms with Crippen molar-refractivity contribution >= 4 is 24.2 Å². The van der Waals surface area contributed by atoms with Crippen LogP contribution in [-0.2, 0) is 9.48 Å². The quantitative estimate of drug-likeness (QED) is 0.825. The maximum Gasteiger partial charge on any atom is 0.137 e. The first-order valence-electron chi connectivity index (χ1n) is 4.88. The molecule has 0 aromatic heterocycles. The summed E-state index contributed by atoms with van der Waals surface area (Å²) in [5, 5.41) is 0.634. The minimum Gasteiger partial charge on any atom is -0.492 e. The van der Waals surface area contributed by atoms with E-state index in [0.717, 1.165) is 11.3 Å². The topological polar surface area (TPSA) is 18.5 Å². The second-order valence-electron chi connectivity index (χ2n) is 3.60. The van der Waals surface area contributed by atoms with Gasteiger partial charge in [-0.3, -0.25) is 0 Å². The number of benzene rings is 1. The third-order valence-electron chi connectivity index (χ3n) is 2.45. The molecule has 1 fully saturated rings. The number of halogens is 1. The van der Waals surface area contributed by atoms with E-state index in [2.05, 4.69) is 12.6 Å². The van der Waals surface area contributed by atoms with E-state index in [0.29, 0.717) is 24.8 Å². The number of thiol groups is 1. The van der Waals surface area contributed by atoms with Crippen LogP contribution in [0.3, 0.4) is 0 Å². The van der Waals surface area contributed by atoms with Crippen LogP contribution in [0.15, 0.2) is 18.2 Å². The van der Waals surface area contributed by atoms with E-state index in [1.54, 1.807) is 0 Å². The highest BCUT2D eigenvalue weighted by atomic mass is 35.5. The van der Waals surface area contributed by atoms with Crippen LogP contribution in [0.1, 0.15) is 12.5 Å². The van der Waals surface area contributed by atoms with E-state index in [1.165, 1.54) is 0 Å². The van der Waals surface area contributed by atoms with Gasteiger partial charge in [-0.25, -0.2) is 0 Å². The average molecular weight is 245 g/mol. The van der Waals surface area contributed by atoms with Gasteiger partial charge < -0.3 is 9.47 Å². The van der Waals surface area contributed by atoms with Gasteiger partial charge in [0.25, 0.3) is 0 Å². The Morgan fingerprint density at radius 3 is 2.73 bits per heavy atom. The SMILES string of the molecule is CCOc1ccc(C2(S)COC2)cc1Cl. The zero-order valence-corrected chi connectivity index (χ0v) is 10.1. The first-order chi connectivity index (χ1) is 7.15. The Kier molecular flexibility index (Phi) is 3.14. The van der Waals surface area contributed by atoms with E-state index >= 15 is 0 Å². The maximum atomic E-state index is 6.10. The summed E-state index contributed by atoms with van der Waals surface area (Å²) < 4.78 is 10.4. The van der Waals surface area contributed by atoms with Gasteiger partial charge in [0.2, 0.25) is 0 Å². The lowest BCUT2D eigenvalue weighted by atomic mass is 9.96. The van der Waals surface area contributed by atoms with Crippen LogP contribution in [0, 0.1) is 0 Å². The number of ether oxygens (including phenoxy) is 2. The molecule has 2 nitrogen and oxygen atoms in total. The molecule has 2 rings (SSSR count). The van der Waals surface area contributed by atoms with Gasteiger partial charge in [-0.2, -0.15) is 12.6 Å². The van der Waals surface area contributed by atoms with Gasteiger partial charge >= 0.3 is 0 Å². The highest BCUT2D eigenvalue weighted by Gasteiger charge is 2.36. The van der Waals surface area contributed by atoms with Crippen molar-refractivity contribution in [3.8, 4) is 5.75 Å². The van der Waals surface area contributed by atoms with Crippen molar-refractivity contribution in [3.05, 3.63) is 28.8 Å². The van der Waals surface area contributed by atoms with Crippen molar-refractivity contribution < 1.29 is 9.47 Å². The van der Waals surface area contributed by atoms with Gasteiger partial charge in [0.05, 0.1) is 29.6 Å². The van der Waals surface area contributed by atoms with Crippen LogP contribution in [-0.4, -0.2) is 19.8 Å². The molecule has 1 heterocycles. The molecular formula is C11H13ClO2S. The molecular weight excluding hydrogens is 232 g/mol. The Morgan fingerprint density at radius 1 is 1.53 bits per heavy atom. The zero-order valence-electron chi connectivity index (χ0n) is 8.50. The number of hydrogen-bond donors (Lipinski definition) is 1. The third-order valence-corrected chi connectivity index (χ3v) is 3.26. The highest BCUT2D eigenvalue weighted by Crippen LogP contribution is 2.39. The lowest BCUT2D eigenvalue weighted by Gasteiger charge is -2.37. The summed E-state index contributed by atoms with van der Waals surface area (Å²) in [6.45, 7) is 3.83. The standard InChI is InChI=1S/C11H13ClO2S/c1-2-14-10-4-3-8(5-9(10)12)11(15)6-13-7-11/h3-5,15H,2,6-7H2,1H3. The second kappa shape index (κ2) is 4.24. The molecule has 1 aliphatic heterocycles. The molecule has 1 aromatic rings. The van der Waals surface area contributed by atoms with E-state index in [1.807, 2.05) is 25.1 Å². The summed E-state index contributed by atoms with van der Waals surface area (Å²) >= 11 is 10.7. The maximum absolute atomic E-state index is 6.10. The predicted molar refractivity (Wildman–Crippen MR) is 64.1 cm³/mol. The van der Waals surface area contributed by atoms with Crippen LogP contribution in [0.5, 0.6) is 5.75 Å². The van der Waals surface area contributed by atoms with Crippen molar-refractivity contribution in [1.82, 2.24) is 0 Å². The predicted octanol–water partition coefficient (Wildman–Crippen LogP) is 2.89. The first-order valence-corrected chi connectivity index (χ1v) is 5.71. The van der Waals surface area contributed by atoms with Gasteiger partial charge in [0, 0.05) is 0 Å². The minimum absolute atomic E-state index is 0.172. The molecule has 0 bridgehead atoms. The number of hydrogen-bond acceptors (Lipinski definition) is 3. The monoisotopic (exact) mass is 244 g/mol. The average Bonchev–Trinajstić information content (AvgIpc) is 2.18. The fraction of sp³-hybridized carbons (Fsp3) is 0.455. The van der Waals surface area contributed by atoms with Crippen LogP contribution >= 0.6 is 24.2 Å². The fourth-order valence-corrected chi connectivity index (χ4v) is 2.08. The van der Waals surface area contributed by atoms with Gasteiger partial charge in [-0.05, 0) is 24.6 Å². The van der Waals surface area contributed by atoms with Crippen molar-refractivity contribution in [1.29, 1.82) is 0 Å². The molecule has 1 aromatic carbocycles. The summed E-state index contributed by atoms with van der Waals surface area (Å²) in [6.07, 6.45) is 0. The molecule has 0 N–H and O–H groups in total. The summed E-state index contributed by atoms with van der Waals surface area (Å²) in [7, 11) is 0. The molecule has 82 valence electrons. The van der Waals surface area contributed by atoms with Crippen LogP contribution in [0.25, 0.3) is 0 Å². The van der Waals surface area contributed by atoms with Crippen molar-refractivity contribution in [2.75, 3.05) is 19.8 Å². The Hall–Kier alpha value is -0.380. The van der Waals surface area contributed by atoms with Crippen molar-refractivity contribution in [3.63, 3.8) is 0 Å². The normalized spacial score (nSPS) is 18.3. The van der Waals surface area contributed by atoms with Gasteiger partial charge in [-0.1, -0.05) is 17.7 Å². The molecule has 4 heteroatoms. The van der Waals surface area contributed by atoms with Gasteiger partial charge in [0.1, 0.15) is 5.75 Å². The van der Waals surface area contributed by atoms with Crippen molar-refractivity contribution in [2.24, 2.45) is 0 Å². The molecule has 15 heavy (non-hydrogen) atoms. The molecule has 0 spiro atoms. The Balaban J connectivity index is 2.25. The van der Waals surface area contributed by atoms with Crippen LogP contribution in [0.2, 0.25) is 5.02 Å². The summed E-state index contributed by atoms with van der Waals surface area (Å²) in [4.78, 5) is 0. The Bertz CT molecular complexity index is 364. The highest BCUT2D eigenvalue weighted by molar-refractivity contribution is 7.81. The molecule has 0 atom stereocenters. The van der Waals surface area contributed by atoms with E-state index in [4.69, 9.17) is 21.1 Å². The largest absolute Gasteiger partial charge is 0.492 e. The van der Waals surface area contributed by atoms with Crippen molar-refractivity contribution in [2.45, 2.75) is 11.7 Å². The summed E-state index contributed by atoms with van der Waals surface area (Å²) in [5.74, 6) is 0.722.